The Bertz CT molecular complexity index is 1130. The summed E-state index contributed by atoms with van der Waals surface area (Å²) in [4.78, 5) is 16.8. The largest absolute Gasteiger partial charge is 0.448 e. The minimum atomic E-state index is -0.307. The number of oxazole rings is 1. The number of rotatable bonds is 6. The van der Waals surface area contributed by atoms with Gasteiger partial charge in [0.25, 0.3) is 5.91 Å². The van der Waals surface area contributed by atoms with Crippen molar-refractivity contribution in [2.24, 2.45) is 0 Å². The lowest BCUT2D eigenvalue weighted by atomic mass is 10.1. The van der Waals surface area contributed by atoms with Crippen molar-refractivity contribution in [2.75, 3.05) is 0 Å². The summed E-state index contributed by atoms with van der Waals surface area (Å²) < 4.78 is 5.45. The minimum absolute atomic E-state index is 0.189. The smallest absolute Gasteiger partial charge is 0.273 e. The van der Waals surface area contributed by atoms with Gasteiger partial charge in [-0.25, -0.2) is 4.98 Å². The van der Waals surface area contributed by atoms with Gasteiger partial charge in [-0.05, 0) is 36.8 Å². The van der Waals surface area contributed by atoms with Crippen LogP contribution >= 0.6 is 11.6 Å². The fraction of sp³-hybridized carbons (Fsp3) is 0.130. The van der Waals surface area contributed by atoms with E-state index in [0.717, 1.165) is 16.8 Å². The first kappa shape index (κ1) is 19.8. The molecule has 0 aliphatic rings. The number of benzene rings is 2. The standard InChI is InChI=1S/C23H19ClN4O2/c1-15(16-7-9-18(24)10-8-16)25-23(29)21-14-30-22(26-21)13-19-11-12-20(28-27-19)17-5-3-2-4-6-17/h2-12,14-15H,13H2,1H3,(H,25,29). The Morgan fingerprint density at radius 2 is 1.80 bits per heavy atom. The highest BCUT2D eigenvalue weighted by Gasteiger charge is 2.16. The van der Waals surface area contributed by atoms with Crippen LogP contribution in [0.3, 0.4) is 0 Å². The van der Waals surface area contributed by atoms with E-state index in [2.05, 4.69) is 20.5 Å². The average Bonchev–Trinajstić information content (AvgIpc) is 3.24. The van der Waals surface area contributed by atoms with Crippen molar-refractivity contribution in [3.05, 3.63) is 101 Å². The van der Waals surface area contributed by atoms with Gasteiger partial charge in [-0.15, -0.1) is 0 Å². The maximum atomic E-state index is 12.5. The van der Waals surface area contributed by atoms with Gasteiger partial charge in [-0.3, -0.25) is 4.79 Å². The summed E-state index contributed by atoms with van der Waals surface area (Å²) >= 11 is 5.91. The molecule has 0 fully saturated rings. The fourth-order valence-corrected chi connectivity index (χ4v) is 3.10. The molecule has 1 amide bonds. The SMILES string of the molecule is CC(NC(=O)c1coc(Cc2ccc(-c3ccccc3)nn2)n1)c1ccc(Cl)cc1. The molecular weight excluding hydrogens is 400 g/mol. The molecule has 1 N–H and O–H groups in total. The van der Waals surface area contributed by atoms with Gasteiger partial charge in [0.1, 0.15) is 6.26 Å². The third kappa shape index (κ3) is 4.72. The molecule has 6 nitrogen and oxygen atoms in total. The number of hydrogen-bond donors (Lipinski definition) is 1. The molecule has 2 aromatic heterocycles. The monoisotopic (exact) mass is 418 g/mol. The molecule has 7 heteroatoms. The molecule has 0 saturated carbocycles. The van der Waals surface area contributed by atoms with Gasteiger partial charge in [0, 0.05) is 10.6 Å². The molecule has 1 atom stereocenters. The van der Waals surface area contributed by atoms with E-state index in [4.69, 9.17) is 16.0 Å². The van der Waals surface area contributed by atoms with Crippen LogP contribution in [0.2, 0.25) is 5.02 Å². The van der Waals surface area contributed by atoms with Crippen LogP contribution in [-0.2, 0) is 6.42 Å². The second-order valence-electron chi connectivity index (χ2n) is 6.83. The van der Waals surface area contributed by atoms with Gasteiger partial charge in [0.05, 0.1) is 23.9 Å². The van der Waals surface area contributed by atoms with Gasteiger partial charge in [0.15, 0.2) is 5.69 Å². The van der Waals surface area contributed by atoms with E-state index in [1.807, 2.05) is 61.5 Å². The number of aromatic nitrogens is 3. The number of carbonyl (C=O) groups excluding carboxylic acids is 1. The Hall–Kier alpha value is -3.51. The van der Waals surface area contributed by atoms with Crippen molar-refractivity contribution in [3.63, 3.8) is 0 Å². The predicted octanol–water partition coefficient (Wildman–Crippen LogP) is 4.87. The fourth-order valence-electron chi connectivity index (χ4n) is 2.97. The molecule has 0 aliphatic carbocycles. The molecule has 0 radical (unpaired) electrons. The summed E-state index contributed by atoms with van der Waals surface area (Å²) in [6.07, 6.45) is 1.70. The Morgan fingerprint density at radius 3 is 2.50 bits per heavy atom. The lowest BCUT2D eigenvalue weighted by molar-refractivity contribution is 0.0935. The van der Waals surface area contributed by atoms with Crippen LogP contribution in [0, 0.1) is 0 Å². The molecule has 2 aromatic carbocycles. The number of halogens is 1. The maximum absolute atomic E-state index is 12.5. The second kappa shape index (κ2) is 8.88. The van der Waals surface area contributed by atoms with Crippen molar-refractivity contribution in [3.8, 4) is 11.3 Å². The van der Waals surface area contributed by atoms with Crippen LogP contribution in [0.5, 0.6) is 0 Å². The second-order valence-corrected chi connectivity index (χ2v) is 7.26. The summed E-state index contributed by atoms with van der Waals surface area (Å²) in [5.74, 6) is 0.0963. The van der Waals surface area contributed by atoms with Crippen LogP contribution in [0.25, 0.3) is 11.3 Å². The summed E-state index contributed by atoms with van der Waals surface area (Å²) in [6.45, 7) is 1.89. The minimum Gasteiger partial charge on any atom is -0.448 e. The van der Waals surface area contributed by atoms with Crippen molar-refractivity contribution in [2.45, 2.75) is 19.4 Å². The Balaban J connectivity index is 1.39. The van der Waals surface area contributed by atoms with Crippen LogP contribution in [0.15, 0.2) is 77.4 Å². The molecule has 150 valence electrons. The molecule has 2 heterocycles. The Morgan fingerprint density at radius 1 is 1.03 bits per heavy atom. The van der Waals surface area contributed by atoms with Crippen LogP contribution in [-0.4, -0.2) is 21.1 Å². The molecule has 1 unspecified atom stereocenters. The van der Waals surface area contributed by atoms with Gasteiger partial charge in [0.2, 0.25) is 5.89 Å². The topological polar surface area (TPSA) is 80.9 Å². The maximum Gasteiger partial charge on any atom is 0.273 e. The normalized spacial score (nSPS) is 11.8. The van der Waals surface area contributed by atoms with Crippen molar-refractivity contribution < 1.29 is 9.21 Å². The van der Waals surface area contributed by atoms with E-state index in [0.29, 0.717) is 23.0 Å². The molecule has 0 aliphatic heterocycles. The van der Waals surface area contributed by atoms with Crippen LogP contribution < -0.4 is 5.32 Å². The molecule has 0 saturated heterocycles. The summed E-state index contributed by atoms with van der Waals surface area (Å²) in [5.41, 5.74) is 3.67. The average molecular weight is 419 g/mol. The molecule has 4 rings (SSSR count). The highest BCUT2D eigenvalue weighted by molar-refractivity contribution is 6.30. The zero-order valence-electron chi connectivity index (χ0n) is 16.2. The number of amides is 1. The zero-order valence-corrected chi connectivity index (χ0v) is 17.0. The van der Waals surface area contributed by atoms with Crippen molar-refractivity contribution in [1.82, 2.24) is 20.5 Å². The summed E-state index contributed by atoms with van der Waals surface area (Å²) in [5, 5.41) is 12.0. The first-order chi connectivity index (χ1) is 14.6. The number of nitrogens with one attached hydrogen (secondary N) is 1. The summed E-state index contributed by atoms with van der Waals surface area (Å²) in [7, 11) is 0. The van der Waals surface area contributed by atoms with Crippen LogP contribution in [0.1, 0.15) is 40.6 Å². The third-order valence-electron chi connectivity index (χ3n) is 4.62. The molecular formula is C23H19ClN4O2. The molecule has 0 bridgehead atoms. The zero-order chi connectivity index (χ0) is 20.9. The van der Waals surface area contributed by atoms with Gasteiger partial charge in [-0.1, -0.05) is 54.1 Å². The quantitative estimate of drug-likeness (QED) is 0.483. The van der Waals surface area contributed by atoms with Gasteiger partial charge < -0.3 is 9.73 Å². The number of nitrogens with zero attached hydrogens (tertiary/aromatic N) is 3. The van der Waals surface area contributed by atoms with Gasteiger partial charge >= 0.3 is 0 Å². The van der Waals surface area contributed by atoms with Gasteiger partial charge in [-0.2, -0.15) is 10.2 Å². The molecule has 30 heavy (non-hydrogen) atoms. The third-order valence-corrected chi connectivity index (χ3v) is 4.88. The molecule has 4 aromatic rings. The highest BCUT2D eigenvalue weighted by atomic mass is 35.5. The van der Waals surface area contributed by atoms with E-state index in [1.54, 1.807) is 12.1 Å². The van der Waals surface area contributed by atoms with E-state index < -0.39 is 0 Å². The predicted molar refractivity (Wildman–Crippen MR) is 114 cm³/mol. The van der Waals surface area contributed by atoms with E-state index in [1.165, 1.54) is 6.26 Å². The van der Waals surface area contributed by atoms with E-state index in [-0.39, 0.29) is 17.6 Å². The number of hydrogen-bond acceptors (Lipinski definition) is 5. The lowest BCUT2D eigenvalue weighted by Crippen LogP contribution is -2.26. The lowest BCUT2D eigenvalue weighted by Gasteiger charge is -2.13. The number of carbonyl (C=O) groups is 1. The first-order valence-electron chi connectivity index (χ1n) is 9.47. The first-order valence-corrected chi connectivity index (χ1v) is 9.85. The van der Waals surface area contributed by atoms with Crippen molar-refractivity contribution >= 4 is 17.5 Å². The van der Waals surface area contributed by atoms with Crippen molar-refractivity contribution in [1.29, 1.82) is 0 Å². The highest BCUT2D eigenvalue weighted by Crippen LogP contribution is 2.18. The molecule has 0 spiro atoms. The Kier molecular flexibility index (Phi) is 5.86. The van der Waals surface area contributed by atoms with E-state index in [9.17, 15) is 4.79 Å². The summed E-state index contributed by atoms with van der Waals surface area (Å²) in [6, 6.07) is 20.7. The Labute approximate surface area is 178 Å². The van der Waals surface area contributed by atoms with Crippen LogP contribution in [0.4, 0.5) is 0 Å². The van der Waals surface area contributed by atoms with E-state index >= 15 is 0 Å².